The van der Waals surface area contributed by atoms with E-state index < -0.39 is 12.2 Å². The van der Waals surface area contributed by atoms with Crippen LogP contribution in [0, 0.1) is 9.49 Å². The molecule has 0 heterocycles. The van der Waals surface area contributed by atoms with Gasteiger partial charge in [0.1, 0.15) is 11.9 Å². The number of halogens is 1. The highest BCUT2D eigenvalue weighted by molar-refractivity contribution is 14.1. The molecule has 144 valence electrons. The van der Waals surface area contributed by atoms with Gasteiger partial charge in [0.2, 0.25) is 0 Å². The molecule has 0 aliphatic heterocycles. The summed E-state index contributed by atoms with van der Waals surface area (Å²) in [5.74, 6) is -0.232. The maximum atomic E-state index is 12.4. The number of hydrogen-bond donors (Lipinski definition) is 3. The summed E-state index contributed by atoms with van der Waals surface area (Å²) < 4.78 is 6.47. The fourth-order valence-corrected chi connectivity index (χ4v) is 3.16. The monoisotopic (exact) mass is 483 g/mol. The number of rotatable bonds is 7. The van der Waals surface area contributed by atoms with Gasteiger partial charge in [0.15, 0.2) is 5.78 Å². The van der Waals surface area contributed by atoms with Crippen molar-refractivity contribution >= 4 is 40.2 Å². The SMILES string of the molecule is CC(=O)c1ccc(NC(=O)O[C@H](c2cc(I)ccc2O)[C@@H](C)CCO)cc1. The fraction of sp³-hybridized carbons (Fsp3) is 0.300. The summed E-state index contributed by atoms with van der Waals surface area (Å²) in [5.41, 5.74) is 1.53. The molecule has 27 heavy (non-hydrogen) atoms. The molecular formula is C20H22INO5. The quantitative estimate of drug-likeness (QED) is 0.398. The van der Waals surface area contributed by atoms with Crippen molar-refractivity contribution in [3.8, 4) is 5.75 Å². The van der Waals surface area contributed by atoms with Crippen LogP contribution < -0.4 is 5.32 Å². The maximum Gasteiger partial charge on any atom is 0.412 e. The van der Waals surface area contributed by atoms with Crippen LogP contribution >= 0.6 is 22.6 Å². The lowest BCUT2D eigenvalue weighted by atomic mass is 9.94. The van der Waals surface area contributed by atoms with Gasteiger partial charge in [0.25, 0.3) is 0 Å². The van der Waals surface area contributed by atoms with Crippen molar-refractivity contribution in [2.75, 3.05) is 11.9 Å². The Morgan fingerprint density at radius 3 is 2.44 bits per heavy atom. The minimum Gasteiger partial charge on any atom is -0.508 e. The third-order valence-electron chi connectivity index (χ3n) is 4.17. The van der Waals surface area contributed by atoms with Crippen molar-refractivity contribution in [3.63, 3.8) is 0 Å². The Labute approximate surface area is 171 Å². The minimum absolute atomic E-state index is 0.0313. The zero-order chi connectivity index (χ0) is 20.0. The number of ketones is 1. The van der Waals surface area contributed by atoms with Crippen LogP contribution in [0.4, 0.5) is 10.5 Å². The van der Waals surface area contributed by atoms with Crippen molar-refractivity contribution in [1.29, 1.82) is 0 Å². The van der Waals surface area contributed by atoms with Crippen LogP contribution in [0.15, 0.2) is 42.5 Å². The molecule has 0 aliphatic carbocycles. The van der Waals surface area contributed by atoms with Gasteiger partial charge in [-0.05, 0) is 84.3 Å². The topological polar surface area (TPSA) is 95.9 Å². The number of benzene rings is 2. The summed E-state index contributed by atoms with van der Waals surface area (Å²) in [6, 6.07) is 11.5. The number of hydrogen-bond acceptors (Lipinski definition) is 5. The molecule has 2 aromatic rings. The number of carbonyl (C=O) groups is 2. The normalized spacial score (nSPS) is 12.9. The molecule has 7 heteroatoms. The highest BCUT2D eigenvalue weighted by Gasteiger charge is 2.26. The van der Waals surface area contributed by atoms with Gasteiger partial charge in [-0.25, -0.2) is 4.79 Å². The average Bonchev–Trinajstić information content (AvgIpc) is 2.62. The number of anilines is 1. The zero-order valence-corrected chi connectivity index (χ0v) is 17.3. The Morgan fingerprint density at radius 1 is 1.19 bits per heavy atom. The first kappa shape index (κ1) is 21.2. The highest BCUT2D eigenvalue weighted by Crippen LogP contribution is 2.35. The van der Waals surface area contributed by atoms with Crippen molar-refractivity contribution in [1.82, 2.24) is 0 Å². The molecule has 6 nitrogen and oxygen atoms in total. The number of phenols is 1. The van der Waals surface area contributed by atoms with Crippen LogP contribution in [-0.2, 0) is 4.74 Å². The van der Waals surface area contributed by atoms with Crippen LogP contribution in [-0.4, -0.2) is 28.7 Å². The molecule has 2 atom stereocenters. The number of amides is 1. The van der Waals surface area contributed by atoms with Crippen LogP contribution in [0.2, 0.25) is 0 Å². The molecule has 1 amide bonds. The second-order valence-electron chi connectivity index (χ2n) is 6.28. The molecule has 0 fully saturated rings. The Balaban J connectivity index is 2.17. The standard InChI is InChI=1S/C20H22INO5/c1-12(9-10-23)19(17-11-15(21)5-8-18(17)25)27-20(26)22-16-6-3-14(4-7-16)13(2)24/h3-8,11-12,19,23,25H,9-10H2,1-2H3,(H,22,26)/t12-,19-/m0/s1. The summed E-state index contributed by atoms with van der Waals surface area (Å²) in [5, 5.41) is 22.1. The minimum atomic E-state index is -0.719. The molecule has 3 N–H and O–H groups in total. The van der Waals surface area contributed by atoms with Crippen molar-refractivity contribution in [2.24, 2.45) is 5.92 Å². The summed E-state index contributed by atoms with van der Waals surface area (Å²) in [6.45, 7) is 3.26. The number of carbonyl (C=O) groups excluding carboxylic acids is 2. The first-order valence-corrected chi connectivity index (χ1v) is 9.57. The number of Topliss-reactive ketones (excluding diaryl/α,β-unsaturated/α-hetero) is 1. The first-order valence-electron chi connectivity index (χ1n) is 8.49. The largest absolute Gasteiger partial charge is 0.508 e. The molecule has 2 rings (SSSR count). The van der Waals surface area contributed by atoms with E-state index in [1.807, 2.05) is 6.92 Å². The fourth-order valence-electron chi connectivity index (χ4n) is 2.65. The van der Waals surface area contributed by atoms with E-state index in [0.717, 1.165) is 3.57 Å². The zero-order valence-electron chi connectivity index (χ0n) is 15.1. The van der Waals surface area contributed by atoms with Gasteiger partial charge in [-0.1, -0.05) is 6.92 Å². The predicted octanol–water partition coefficient (Wildman–Crippen LogP) is 4.51. The third-order valence-corrected chi connectivity index (χ3v) is 4.84. The van der Waals surface area contributed by atoms with Gasteiger partial charge < -0.3 is 14.9 Å². The Bertz CT molecular complexity index is 807. The number of aliphatic hydroxyl groups is 1. The summed E-state index contributed by atoms with van der Waals surface area (Å²) in [4.78, 5) is 23.7. The molecular weight excluding hydrogens is 461 g/mol. The van der Waals surface area contributed by atoms with E-state index >= 15 is 0 Å². The summed E-state index contributed by atoms with van der Waals surface area (Å²) in [6.07, 6.45) is -0.988. The van der Waals surface area contributed by atoms with Crippen molar-refractivity contribution in [2.45, 2.75) is 26.4 Å². The summed E-state index contributed by atoms with van der Waals surface area (Å²) in [7, 11) is 0. The van der Waals surface area contributed by atoms with E-state index in [-0.39, 0.29) is 24.1 Å². The third kappa shape index (κ3) is 5.93. The number of nitrogens with one attached hydrogen (secondary N) is 1. The highest BCUT2D eigenvalue weighted by atomic mass is 127. The van der Waals surface area contributed by atoms with E-state index in [0.29, 0.717) is 23.2 Å². The van der Waals surface area contributed by atoms with Crippen LogP contribution in [0.1, 0.15) is 42.3 Å². The van der Waals surface area contributed by atoms with Gasteiger partial charge in [0.05, 0.1) is 0 Å². The molecule has 0 unspecified atom stereocenters. The predicted molar refractivity (Wildman–Crippen MR) is 111 cm³/mol. The van der Waals surface area contributed by atoms with E-state index in [9.17, 15) is 19.8 Å². The second kappa shape index (κ2) is 9.70. The lowest BCUT2D eigenvalue weighted by Gasteiger charge is -2.25. The second-order valence-corrected chi connectivity index (χ2v) is 7.52. The van der Waals surface area contributed by atoms with Gasteiger partial charge in [-0.15, -0.1) is 0 Å². The Kier molecular flexibility index (Phi) is 7.61. The molecule has 0 aliphatic rings. The van der Waals surface area contributed by atoms with Gasteiger partial charge in [-0.2, -0.15) is 0 Å². The van der Waals surface area contributed by atoms with Crippen molar-refractivity contribution in [3.05, 3.63) is 57.2 Å². The van der Waals surface area contributed by atoms with Gasteiger partial charge >= 0.3 is 6.09 Å². The lowest BCUT2D eigenvalue weighted by molar-refractivity contribution is 0.0652. The Morgan fingerprint density at radius 2 is 1.85 bits per heavy atom. The van der Waals surface area contributed by atoms with Crippen LogP contribution in [0.5, 0.6) is 5.75 Å². The van der Waals surface area contributed by atoms with E-state index in [1.54, 1.807) is 42.5 Å². The van der Waals surface area contributed by atoms with Crippen molar-refractivity contribution < 1.29 is 24.5 Å². The number of phenolic OH excluding ortho intramolecular Hbond substituents is 1. The number of ether oxygens (including phenoxy) is 1. The Hall–Kier alpha value is -2.13. The number of aliphatic hydroxyl groups excluding tert-OH is 1. The molecule has 0 saturated heterocycles. The van der Waals surface area contributed by atoms with Crippen LogP contribution in [0.3, 0.4) is 0 Å². The van der Waals surface area contributed by atoms with E-state index in [1.165, 1.54) is 6.92 Å². The van der Waals surface area contributed by atoms with Gasteiger partial charge in [-0.3, -0.25) is 10.1 Å². The molecule has 0 radical (unpaired) electrons. The molecule has 2 aromatic carbocycles. The van der Waals surface area contributed by atoms with E-state index in [2.05, 4.69) is 27.9 Å². The van der Waals surface area contributed by atoms with Gasteiger partial charge in [0, 0.05) is 27.0 Å². The first-order chi connectivity index (χ1) is 12.8. The number of aromatic hydroxyl groups is 1. The molecule has 0 aromatic heterocycles. The molecule has 0 saturated carbocycles. The lowest BCUT2D eigenvalue weighted by Crippen LogP contribution is -2.22. The molecule has 0 spiro atoms. The summed E-state index contributed by atoms with van der Waals surface area (Å²) >= 11 is 2.12. The van der Waals surface area contributed by atoms with Crippen LogP contribution in [0.25, 0.3) is 0 Å². The maximum absolute atomic E-state index is 12.4. The molecule has 0 bridgehead atoms. The van der Waals surface area contributed by atoms with E-state index in [4.69, 9.17) is 4.74 Å². The average molecular weight is 483 g/mol. The smallest absolute Gasteiger partial charge is 0.412 e.